The largest absolute Gasteiger partial charge is 0.149 e. The fourth-order valence-electron chi connectivity index (χ4n) is 1.09. The van der Waals surface area contributed by atoms with E-state index in [9.17, 15) is 0 Å². The molecule has 0 saturated heterocycles. The Bertz CT molecular complexity index is 248. The van der Waals surface area contributed by atoms with Gasteiger partial charge in [0.1, 0.15) is 0 Å². The molecule has 1 aromatic heterocycles. The van der Waals surface area contributed by atoms with E-state index in [0.717, 1.165) is 6.42 Å². The average Bonchev–Trinajstić information content (AvgIpc) is 2.57. The number of hydrogen-bond acceptors (Lipinski definition) is 1. The zero-order valence-electron chi connectivity index (χ0n) is 7.47. The lowest BCUT2D eigenvalue weighted by Gasteiger charge is -1.93. The minimum atomic E-state index is 1.06. The molecular weight excluding hydrogens is 164 g/mol. The molecule has 1 aromatic rings. The third-order valence-corrected chi connectivity index (χ3v) is 2.67. The van der Waals surface area contributed by atoms with Gasteiger partial charge in [-0.1, -0.05) is 6.07 Å². The van der Waals surface area contributed by atoms with Gasteiger partial charge in [0.25, 0.3) is 0 Å². The van der Waals surface area contributed by atoms with Crippen molar-refractivity contribution in [1.82, 2.24) is 0 Å². The van der Waals surface area contributed by atoms with E-state index in [-0.39, 0.29) is 0 Å². The minimum Gasteiger partial charge on any atom is -0.149 e. The molecule has 12 heavy (non-hydrogen) atoms. The summed E-state index contributed by atoms with van der Waals surface area (Å²) in [5.74, 6) is 6.00. The highest BCUT2D eigenvalue weighted by molar-refractivity contribution is 7.09. The molecule has 0 unspecified atom stereocenters. The molecule has 0 aliphatic carbocycles. The van der Waals surface area contributed by atoms with Crippen molar-refractivity contribution in [3.05, 3.63) is 22.4 Å². The lowest BCUT2D eigenvalue weighted by molar-refractivity contribution is 0.763. The smallest absolute Gasteiger partial charge is 0.00886 e. The Morgan fingerprint density at radius 1 is 1.42 bits per heavy atom. The Labute approximate surface area is 78.6 Å². The number of aryl methyl sites for hydroxylation is 1. The van der Waals surface area contributed by atoms with Gasteiger partial charge in [-0.25, -0.2) is 0 Å². The SMILES string of the molecule is CC#CCCCCc1cccs1. The van der Waals surface area contributed by atoms with Crippen molar-refractivity contribution in [1.29, 1.82) is 0 Å². The van der Waals surface area contributed by atoms with Crippen LogP contribution in [0.4, 0.5) is 0 Å². The van der Waals surface area contributed by atoms with Gasteiger partial charge in [-0.3, -0.25) is 0 Å². The minimum absolute atomic E-state index is 1.06. The predicted molar refractivity (Wildman–Crippen MR) is 55.3 cm³/mol. The molecule has 1 heteroatoms. The van der Waals surface area contributed by atoms with Gasteiger partial charge in [0.2, 0.25) is 0 Å². The van der Waals surface area contributed by atoms with Crippen LogP contribution in [-0.4, -0.2) is 0 Å². The molecule has 64 valence electrons. The summed E-state index contributed by atoms with van der Waals surface area (Å²) in [6, 6.07) is 4.32. The zero-order valence-corrected chi connectivity index (χ0v) is 8.29. The second-order valence-corrected chi connectivity index (χ2v) is 3.75. The highest BCUT2D eigenvalue weighted by Crippen LogP contribution is 2.12. The van der Waals surface area contributed by atoms with E-state index in [0.29, 0.717) is 0 Å². The lowest BCUT2D eigenvalue weighted by Crippen LogP contribution is -1.79. The van der Waals surface area contributed by atoms with Crippen LogP contribution in [0.5, 0.6) is 0 Å². The first-order valence-corrected chi connectivity index (χ1v) is 5.23. The van der Waals surface area contributed by atoms with Crippen LogP contribution in [0.25, 0.3) is 0 Å². The van der Waals surface area contributed by atoms with Gasteiger partial charge in [0.05, 0.1) is 0 Å². The molecular formula is C11H14S. The van der Waals surface area contributed by atoms with Crippen LogP contribution in [0, 0.1) is 11.8 Å². The fraction of sp³-hybridized carbons (Fsp3) is 0.455. The van der Waals surface area contributed by atoms with E-state index in [4.69, 9.17) is 0 Å². The van der Waals surface area contributed by atoms with Crippen molar-refractivity contribution in [2.24, 2.45) is 0 Å². The van der Waals surface area contributed by atoms with Gasteiger partial charge >= 0.3 is 0 Å². The summed E-state index contributed by atoms with van der Waals surface area (Å²) in [5, 5.41) is 2.14. The third-order valence-electron chi connectivity index (χ3n) is 1.73. The summed E-state index contributed by atoms with van der Waals surface area (Å²) in [7, 11) is 0. The van der Waals surface area contributed by atoms with E-state index < -0.39 is 0 Å². The maximum Gasteiger partial charge on any atom is 0.00886 e. The van der Waals surface area contributed by atoms with Crippen molar-refractivity contribution < 1.29 is 0 Å². The van der Waals surface area contributed by atoms with Gasteiger partial charge < -0.3 is 0 Å². The van der Waals surface area contributed by atoms with Gasteiger partial charge in [0.15, 0.2) is 0 Å². The van der Waals surface area contributed by atoms with Crippen LogP contribution in [0.15, 0.2) is 17.5 Å². The molecule has 1 rings (SSSR count). The Morgan fingerprint density at radius 3 is 3.00 bits per heavy atom. The average molecular weight is 178 g/mol. The molecule has 0 nitrogen and oxygen atoms in total. The van der Waals surface area contributed by atoms with Crippen LogP contribution >= 0.6 is 11.3 Å². The first-order valence-electron chi connectivity index (χ1n) is 4.35. The van der Waals surface area contributed by atoms with Gasteiger partial charge in [0, 0.05) is 11.3 Å². The lowest BCUT2D eigenvalue weighted by atomic mass is 10.2. The molecule has 0 radical (unpaired) electrons. The summed E-state index contributed by atoms with van der Waals surface area (Å²) >= 11 is 1.85. The standard InChI is InChI=1S/C11H14S/c1-2-3-4-5-6-8-11-9-7-10-12-11/h7,9-10H,4-6,8H2,1H3. The Morgan fingerprint density at radius 2 is 2.33 bits per heavy atom. The van der Waals surface area contributed by atoms with Crippen molar-refractivity contribution in [2.75, 3.05) is 0 Å². The number of thiophene rings is 1. The van der Waals surface area contributed by atoms with Crippen molar-refractivity contribution in [3.63, 3.8) is 0 Å². The normalized spacial score (nSPS) is 9.08. The first-order chi connectivity index (χ1) is 5.93. The maximum absolute atomic E-state index is 3.08. The van der Waals surface area contributed by atoms with Crippen LogP contribution < -0.4 is 0 Å². The highest BCUT2D eigenvalue weighted by Gasteiger charge is 1.92. The first kappa shape index (κ1) is 9.35. The second kappa shape index (κ2) is 5.85. The Balaban J connectivity index is 2.06. The monoisotopic (exact) mass is 178 g/mol. The summed E-state index contributed by atoms with van der Waals surface area (Å²) in [6.45, 7) is 1.90. The van der Waals surface area contributed by atoms with Crippen molar-refractivity contribution in [2.45, 2.75) is 32.6 Å². The number of rotatable bonds is 4. The van der Waals surface area contributed by atoms with Gasteiger partial charge in [-0.05, 0) is 37.6 Å². The highest BCUT2D eigenvalue weighted by atomic mass is 32.1. The van der Waals surface area contributed by atoms with Crippen LogP contribution in [0.3, 0.4) is 0 Å². The molecule has 0 spiro atoms. The van der Waals surface area contributed by atoms with Crippen LogP contribution in [0.1, 0.15) is 31.1 Å². The molecule has 0 atom stereocenters. The van der Waals surface area contributed by atoms with E-state index in [1.165, 1.54) is 24.1 Å². The van der Waals surface area contributed by atoms with E-state index in [2.05, 4.69) is 29.4 Å². The van der Waals surface area contributed by atoms with Gasteiger partial charge in [-0.2, -0.15) is 0 Å². The number of unbranched alkanes of at least 4 members (excludes halogenated alkanes) is 2. The quantitative estimate of drug-likeness (QED) is 0.489. The summed E-state index contributed by atoms with van der Waals surface area (Å²) < 4.78 is 0. The van der Waals surface area contributed by atoms with E-state index >= 15 is 0 Å². The van der Waals surface area contributed by atoms with Crippen molar-refractivity contribution >= 4 is 11.3 Å². The van der Waals surface area contributed by atoms with Gasteiger partial charge in [-0.15, -0.1) is 23.2 Å². The molecule has 1 heterocycles. The molecule has 0 aromatic carbocycles. The number of hydrogen-bond donors (Lipinski definition) is 0. The predicted octanol–water partition coefficient (Wildman–Crippen LogP) is 3.48. The van der Waals surface area contributed by atoms with E-state index in [1.54, 1.807) is 0 Å². The third kappa shape index (κ3) is 3.59. The summed E-state index contributed by atoms with van der Waals surface area (Å²) in [4.78, 5) is 1.50. The molecule has 0 saturated carbocycles. The topological polar surface area (TPSA) is 0 Å². The van der Waals surface area contributed by atoms with Crippen molar-refractivity contribution in [3.8, 4) is 11.8 Å². The van der Waals surface area contributed by atoms with Crippen LogP contribution in [0.2, 0.25) is 0 Å². The zero-order chi connectivity index (χ0) is 8.65. The Hall–Kier alpha value is -0.740. The molecule has 0 N–H and O–H groups in total. The summed E-state index contributed by atoms with van der Waals surface area (Å²) in [5.41, 5.74) is 0. The maximum atomic E-state index is 3.08. The molecule has 0 bridgehead atoms. The molecule has 0 aliphatic rings. The Kier molecular flexibility index (Phi) is 4.56. The van der Waals surface area contributed by atoms with Crippen LogP contribution in [-0.2, 0) is 6.42 Å². The summed E-state index contributed by atoms with van der Waals surface area (Å²) in [6.07, 6.45) is 4.79. The molecule has 0 fully saturated rings. The molecule has 0 amide bonds. The van der Waals surface area contributed by atoms with E-state index in [1.807, 2.05) is 18.3 Å². The second-order valence-electron chi connectivity index (χ2n) is 2.71. The molecule has 0 aliphatic heterocycles. The fourth-order valence-corrected chi connectivity index (χ4v) is 1.84.